The van der Waals surface area contributed by atoms with Crippen LogP contribution in [-0.4, -0.2) is 36.8 Å². The van der Waals surface area contributed by atoms with Crippen LogP contribution in [0.3, 0.4) is 0 Å². The van der Waals surface area contributed by atoms with E-state index in [1.165, 1.54) is 17.3 Å². The first-order valence-electron chi connectivity index (χ1n) is 5.93. The van der Waals surface area contributed by atoms with E-state index in [1.54, 1.807) is 0 Å². The van der Waals surface area contributed by atoms with Crippen LogP contribution in [-0.2, 0) is 10.0 Å². The molecule has 20 heavy (non-hydrogen) atoms. The Bertz CT molecular complexity index is 662. The van der Waals surface area contributed by atoms with E-state index < -0.39 is 14.9 Å². The van der Waals surface area contributed by atoms with Crippen LogP contribution in [0.25, 0.3) is 0 Å². The maximum atomic E-state index is 12.4. The third kappa shape index (κ3) is 2.64. The molecule has 0 bridgehead atoms. The summed E-state index contributed by atoms with van der Waals surface area (Å²) < 4.78 is 26.0. The van der Waals surface area contributed by atoms with E-state index in [1.807, 2.05) is 0 Å². The monoisotopic (exact) mass is 319 g/mol. The Morgan fingerprint density at radius 2 is 2.15 bits per heavy atom. The number of nitro benzene ring substituents is 1. The van der Waals surface area contributed by atoms with Gasteiger partial charge in [-0.2, -0.15) is 4.31 Å². The molecule has 0 spiro atoms. The fourth-order valence-electron chi connectivity index (χ4n) is 2.10. The summed E-state index contributed by atoms with van der Waals surface area (Å²) in [6.45, 7) is 1.99. The van der Waals surface area contributed by atoms with Gasteiger partial charge in [-0.15, -0.1) is 0 Å². The van der Waals surface area contributed by atoms with Crippen LogP contribution in [0.5, 0.6) is 0 Å². The quantitative estimate of drug-likeness (QED) is 0.667. The molecule has 2 N–H and O–H groups in total. The van der Waals surface area contributed by atoms with Crippen molar-refractivity contribution in [3.63, 3.8) is 0 Å². The largest absolute Gasteiger partial charge is 0.326 e. The van der Waals surface area contributed by atoms with Gasteiger partial charge in [0.05, 0.1) is 14.8 Å². The van der Waals surface area contributed by atoms with Crippen molar-refractivity contribution in [3.8, 4) is 0 Å². The Hall–Kier alpha value is -1.22. The van der Waals surface area contributed by atoms with Crippen molar-refractivity contribution in [1.82, 2.24) is 4.31 Å². The Kier molecular flexibility index (Phi) is 4.01. The Balaban J connectivity index is 2.50. The highest BCUT2D eigenvalue weighted by molar-refractivity contribution is 7.89. The summed E-state index contributed by atoms with van der Waals surface area (Å²) in [5, 5.41) is 11.0. The predicted octanol–water partition coefficient (Wildman–Crippen LogP) is 1.28. The molecule has 1 heterocycles. The average molecular weight is 320 g/mol. The summed E-state index contributed by atoms with van der Waals surface area (Å²) in [7, 11) is -3.80. The lowest BCUT2D eigenvalue weighted by molar-refractivity contribution is -0.385. The fourth-order valence-corrected chi connectivity index (χ4v) is 3.94. The molecule has 1 aliphatic rings. The molecular weight excluding hydrogens is 306 g/mol. The minimum Gasteiger partial charge on any atom is -0.326 e. The molecule has 110 valence electrons. The zero-order chi connectivity index (χ0) is 15.1. The van der Waals surface area contributed by atoms with Gasteiger partial charge >= 0.3 is 0 Å². The molecule has 2 rings (SSSR count). The van der Waals surface area contributed by atoms with E-state index in [0.29, 0.717) is 13.0 Å². The molecule has 0 radical (unpaired) electrons. The second kappa shape index (κ2) is 5.28. The van der Waals surface area contributed by atoms with Crippen molar-refractivity contribution in [3.05, 3.63) is 32.8 Å². The molecular formula is C11H14ClN3O4S. The maximum Gasteiger partial charge on any atom is 0.275 e. The third-order valence-electron chi connectivity index (χ3n) is 3.31. The van der Waals surface area contributed by atoms with Gasteiger partial charge < -0.3 is 5.73 Å². The molecule has 1 aromatic rings. The standard InChI is InChI=1S/C11H14ClN3O4S/c1-7-10(12)4-9(5-11(7)15(16)17)20(18,19)14-3-2-8(13)6-14/h4-5,8H,2-3,6,13H2,1H3. The molecule has 1 fully saturated rings. The summed E-state index contributed by atoms with van der Waals surface area (Å²) in [5.41, 5.74) is 5.63. The van der Waals surface area contributed by atoms with Crippen molar-refractivity contribution in [1.29, 1.82) is 0 Å². The van der Waals surface area contributed by atoms with Gasteiger partial charge in [-0.25, -0.2) is 8.42 Å². The van der Waals surface area contributed by atoms with Crippen molar-refractivity contribution in [2.24, 2.45) is 5.73 Å². The molecule has 0 saturated carbocycles. The molecule has 1 aliphatic heterocycles. The Morgan fingerprint density at radius 1 is 1.50 bits per heavy atom. The highest BCUT2D eigenvalue weighted by Crippen LogP contribution is 2.31. The summed E-state index contributed by atoms with van der Waals surface area (Å²) >= 11 is 5.89. The van der Waals surface area contributed by atoms with Gasteiger partial charge in [0.2, 0.25) is 10.0 Å². The van der Waals surface area contributed by atoms with Crippen molar-refractivity contribution in [2.75, 3.05) is 13.1 Å². The normalized spacial score (nSPS) is 20.2. The van der Waals surface area contributed by atoms with Gasteiger partial charge in [0.15, 0.2) is 0 Å². The van der Waals surface area contributed by atoms with Gasteiger partial charge in [0.1, 0.15) is 0 Å². The van der Waals surface area contributed by atoms with Gasteiger partial charge in [-0.05, 0) is 19.4 Å². The smallest absolute Gasteiger partial charge is 0.275 e. The highest BCUT2D eigenvalue weighted by atomic mass is 35.5. The Morgan fingerprint density at radius 3 is 2.65 bits per heavy atom. The zero-order valence-corrected chi connectivity index (χ0v) is 12.3. The lowest BCUT2D eigenvalue weighted by Crippen LogP contribution is -2.32. The summed E-state index contributed by atoms with van der Waals surface area (Å²) in [4.78, 5) is 10.1. The number of rotatable bonds is 3. The van der Waals surface area contributed by atoms with Crippen LogP contribution in [0.2, 0.25) is 5.02 Å². The van der Waals surface area contributed by atoms with E-state index in [4.69, 9.17) is 17.3 Å². The average Bonchev–Trinajstić information content (AvgIpc) is 2.79. The molecule has 0 amide bonds. The molecule has 1 atom stereocenters. The summed E-state index contributed by atoms with van der Waals surface area (Å²) in [6, 6.07) is 2.07. The highest BCUT2D eigenvalue weighted by Gasteiger charge is 2.32. The summed E-state index contributed by atoms with van der Waals surface area (Å²) in [6.07, 6.45) is 0.570. The van der Waals surface area contributed by atoms with E-state index in [-0.39, 0.29) is 33.8 Å². The first kappa shape index (κ1) is 15.2. The topological polar surface area (TPSA) is 107 Å². The second-order valence-corrected chi connectivity index (χ2v) is 7.06. The van der Waals surface area contributed by atoms with Crippen molar-refractivity contribution >= 4 is 27.3 Å². The van der Waals surface area contributed by atoms with E-state index >= 15 is 0 Å². The van der Waals surface area contributed by atoms with Crippen LogP contribution in [0.4, 0.5) is 5.69 Å². The fraction of sp³-hybridized carbons (Fsp3) is 0.455. The van der Waals surface area contributed by atoms with Crippen LogP contribution >= 0.6 is 11.6 Å². The minimum absolute atomic E-state index is 0.0567. The number of halogens is 1. The zero-order valence-electron chi connectivity index (χ0n) is 10.7. The van der Waals surface area contributed by atoms with Crippen molar-refractivity contribution in [2.45, 2.75) is 24.3 Å². The number of benzene rings is 1. The second-order valence-electron chi connectivity index (χ2n) is 4.72. The van der Waals surface area contributed by atoms with Gasteiger partial charge in [-0.1, -0.05) is 11.6 Å². The molecule has 0 aliphatic carbocycles. The van der Waals surface area contributed by atoms with Crippen LogP contribution in [0, 0.1) is 17.0 Å². The number of hydrogen-bond acceptors (Lipinski definition) is 5. The van der Waals surface area contributed by atoms with Crippen LogP contribution in [0.1, 0.15) is 12.0 Å². The lowest BCUT2D eigenvalue weighted by Gasteiger charge is -2.16. The van der Waals surface area contributed by atoms with E-state index in [9.17, 15) is 18.5 Å². The SMILES string of the molecule is Cc1c(Cl)cc(S(=O)(=O)N2CCC(N)C2)cc1[N+](=O)[O-]. The molecule has 9 heteroatoms. The van der Waals surface area contributed by atoms with Gasteiger partial charge in [0, 0.05) is 30.8 Å². The summed E-state index contributed by atoms with van der Waals surface area (Å²) in [5.74, 6) is 0. The van der Waals surface area contributed by atoms with Gasteiger partial charge in [-0.3, -0.25) is 10.1 Å². The van der Waals surface area contributed by atoms with E-state index in [2.05, 4.69) is 0 Å². The maximum absolute atomic E-state index is 12.4. The first-order valence-corrected chi connectivity index (χ1v) is 7.75. The minimum atomic E-state index is -3.80. The van der Waals surface area contributed by atoms with Crippen LogP contribution < -0.4 is 5.73 Å². The Labute approximate surface area is 121 Å². The molecule has 1 saturated heterocycles. The van der Waals surface area contributed by atoms with Crippen LogP contribution in [0.15, 0.2) is 17.0 Å². The number of hydrogen-bond donors (Lipinski definition) is 1. The lowest BCUT2D eigenvalue weighted by atomic mass is 10.2. The number of nitrogens with two attached hydrogens (primary N) is 1. The van der Waals surface area contributed by atoms with Gasteiger partial charge in [0.25, 0.3) is 5.69 Å². The molecule has 1 unspecified atom stereocenters. The number of sulfonamides is 1. The predicted molar refractivity (Wildman–Crippen MR) is 74.2 cm³/mol. The van der Waals surface area contributed by atoms with Crippen molar-refractivity contribution < 1.29 is 13.3 Å². The molecule has 7 nitrogen and oxygen atoms in total. The third-order valence-corrected chi connectivity index (χ3v) is 5.55. The van der Waals surface area contributed by atoms with E-state index in [0.717, 1.165) is 6.07 Å². The molecule has 0 aromatic heterocycles. The first-order chi connectivity index (χ1) is 9.23. The molecule has 1 aromatic carbocycles. The number of nitrogens with zero attached hydrogens (tertiary/aromatic N) is 2. The number of nitro groups is 1.